The van der Waals surface area contributed by atoms with E-state index in [0.29, 0.717) is 11.1 Å². The normalized spacial score (nSPS) is 20.6. The molecule has 2 aromatic heterocycles. The van der Waals surface area contributed by atoms with Gasteiger partial charge in [0.15, 0.2) is 17.7 Å². The maximum Gasteiger partial charge on any atom is 0.481 e. The van der Waals surface area contributed by atoms with Crippen molar-refractivity contribution in [3.63, 3.8) is 0 Å². The summed E-state index contributed by atoms with van der Waals surface area (Å²) in [7, 11) is -18.3. The molecule has 28 nitrogen and oxygen atoms in total. The monoisotopic (exact) mass is 1000 g/mol. The molecule has 0 spiro atoms. The summed E-state index contributed by atoms with van der Waals surface area (Å²) in [6.45, 7) is 1.38. The van der Waals surface area contributed by atoms with Crippen molar-refractivity contribution in [3.8, 4) is 0 Å². The molecule has 3 heterocycles. The van der Waals surface area contributed by atoms with Crippen molar-refractivity contribution in [2.75, 3.05) is 37.8 Å². The van der Waals surface area contributed by atoms with Crippen LogP contribution in [-0.4, -0.2) is 152 Å². The van der Waals surface area contributed by atoms with Crippen molar-refractivity contribution in [3.05, 3.63) is 48.0 Å². The number of nitrogen functional groups attached to an aromatic ring is 1. The number of nitrogens with zero attached hydrogens (tertiary/aromatic N) is 4. The van der Waals surface area contributed by atoms with E-state index in [-0.39, 0.29) is 53.8 Å². The Balaban J connectivity index is 1.19. The number of benzene rings is 1. The van der Waals surface area contributed by atoms with Gasteiger partial charge in [-0.2, -0.15) is 4.31 Å². The lowest BCUT2D eigenvalue weighted by Crippen LogP contribution is -2.47. The van der Waals surface area contributed by atoms with Gasteiger partial charge in [0.2, 0.25) is 22.8 Å². The number of anilines is 1. The molecular formula is C32H48BN8O20P3S. The number of phosphoric ester groups is 3. The van der Waals surface area contributed by atoms with Crippen LogP contribution in [0.4, 0.5) is 5.82 Å². The lowest BCUT2D eigenvalue weighted by atomic mass is 9.76. The van der Waals surface area contributed by atoms with Gasteiger partial charge >= 0.3 is 30.6 Å². The molecule has 8 atom stereocenters. The van der Waals surface area contributed by atoms with Crippen LogP contribution in [0.2, 0.25) is 0 Å². The SMILES string of the molecule is CC(=O)NC(Cc1cccc(C(=O)SCCNC(=O)CCNC(=O)C(O)C(C)(C)COP(=O)(O)OP(=O)(O)OCC2OC(n3cnc4c(N)ncnc43)C(O)C2OP(=O)(O)O)c1)B(O)O. The Kier molecular flexibility index (Phi) is 18.9. The molecule has 0 aliphatic carbocycles. The molecule has 360 valence electrons. The minimum absolute atomic E-state index is 0.0151. The predicted octanol–water partition coefficient (Wildman–Crippen LogP) is -1.96. The van der Waals surface area contributed by atoms with Gasteiger partial charge in [-0.25, -0.2) is 28.6 Å². The van der Waals surface area contributed by atoms with Crippen LogP contribution in [0, 0.1) is 5.41 Å². The molecule has 8 unspecified atom stereocenters. The molecule has 0 radical (unpaired) electrons. The van der Waals surface area contributed by atoms with Crippen LogP contribution in [0.3, 0.4) is 0 Å². The van der Waals surface area contributed by atoms with Crippen LogP contribution in [-0.2, 0) is 57.1 Å². The number of carbonyl (C=O) groups excluding carboxylic acids is 4. The number of hydrogen-bond donors (Lipinski definition) is 12. The lowest BCUT2D eigenvalue weighted by molar-refractivity contribution is -0.137. The topological polar surface area (TPSA) is 433 Å². The number of aromatic nitrogens is 4. The third-order valence-electron chi connectivity index (χ3n) is 9.10. The summed E-state index contributed by atoms with van der Waals surface area (Å²) in [5, 5.41) is 47.6. The van der Waals surface area contributed by atoms with E-state index in [1.807, 2.05) is 0 Å². The van der Waals surface area contributed by atoms with Gasteiger partial charge < -0.3 is 66.3 Å². The third-order valence-corrected chi connectivity index (χ3v) is 13.1. The van der Waals surface area contributed by atoms with E-state index in [0.717, 1.165) is 29.0 Å². The number of amides is 3. The molecule has 33 heteroatoms. The number of nitrogens with one attached hydrogen (secondary N) is 3. The number of nitrogens with two attached hydrogens (primary N) is 1. The number of aliphatic hydroxyl groups excluding tert-OH is 2. The van der Waals surface area contributed by atoms with Crippen molar-refractivity contribution in [1.82, 2.24) is 35.5 Å². The van der Waals surface area contributed by atoms with E-state index in [4.69, 9.17) is 19.5 Å². The van der Waals surface area contributed by atoms with E-state index in [9.17, 15) is 72.7 Å². The molecule has 1 aromatic carbocycles. The largest absolute Gasteiger partial charge is 0.481 e. The first-order chi connectivity index (χ1) is 30.2. The summed E-state index contributed by atoms with van der Waals surface area (Å²) in [5.74, 6) is -2.89. The number of aliphatic hydroxyl groups is 2. The van der Waals surface area contributed by atoms with E-state index >= 15 is 0 Å². The fourth-order valence-corrected chi connectivity index (χ4v) is 9.44. The first-order valence-electron chi connectivity index (χ1n) is 19.0. The number of phosphoric acid groups is 3. The van der Waals surface area contributed by atoms with Gasteiger partial charge in [0, 0.05) is 43.2 Å². The Morgan fingerprint density at radius 3 is 2.38 bits per heavy atom. The third kappa shape index (κ3) is 16.2. The molecule has 1 fully saturated rings. The standard InChI is InChI=1S/C32H48BN8O20P3S/c1-17(42)40-21(33(48)49)12-18-5-4-6-19(11-18)31(47)65-10-9-35-22(43)7-8-36-29(46)26(45)32(2,3)14-58-64(55,56)61-63(53,54)57-13-20-25(60-62(50,51)52)24(44)30(59-20)41-16-39-23-27(34)37-15-38-28(23)41/h4-6,11,15-16,20-21,24-26,30,44-45,48-49H,7-10,12-14H2,1-3H3,(H,35,43)(H,36,46)(H,40,42)(H,53,54)(H,55,56)(H2,34,37,38)(H2,50,51,52). The number of thioether (sulfide) groups is 1. The maximum atomic E-state index is 12.7. The first kappa shape index (κ1) is 53.8. The molecule has 1 aliphatic rings. The van der Waals surface area contributed by atoms with Crippen molar-refractivity contribution in [2.24, 2.45) is 5.41 Å². The van der Waals surface area contributed by atoms with E-state index < -0.39 is 104 Å². The number of carbonyl (C=O) groups is 4. The Labute approximate surface area is 373 Å². The van der Waals surface area contributed by atoms with Gasteiger partial charge in [-0.3, -0.25) is 37.3 Å². The van der Waals surface area contributed by atoms with Crippen molar-refractivity contribution >= 4 is 82.2 Å². The van der Waals surface area contributed by atoms with Gasteiger partial charge in [-0.15, -0.1) is 0 Å². The molecule has 4 rings (SSSR count). The minimum atomic E-state index is -5.61. The molecule has 65 heavy (non-hydrogen) atoms. The molecule has 3 aromatic rings. The Bertz CT molecular complexity index is 2330. The van der Waals surface area contributed by atoms with E-state index in [1.54, 1.807) is 24.3 Å². The Morgan fingerprint density at radius 2 is 1.72 bits per heavy atom. The highest BCUT2D eigenvalue weighted by Crippen LogP contribution is 2.61. The first-order valence-corrected chi connectivity index (χ1v) is 24.5. The minimum Gasteiger partial charge on any atom is -0.426 e. The van der Waals surface area contributed by atoms with Crippen LogP contribution in [0.25, 0.3) is 11.2 Å². The van der Waals surface area contributed by atoms with Crippen LogP contribution < -0.4 is 21.7 Å². The summed E-state index contributed by atoms with van der Waals surface area (Å²) < 4.78 is 62.3. The number of ether oxygens (including phenoxy) is 1. The summed E-state index contributed by atoms with van der Waals surface area (Å²) in [6.07, 6.45) is -7.12. The molecule has 1 aliphatic heterocycles. The van der Waals surface area contributed by atoms with Gasteiger partial charge in [0.25, 0.3) is 0 Å². The van der Waals surface area contributed by atoms with Crippen LogP contribution in [0.1, 0.15) is 49.3 Å². The second-order valence-corrected chi connectivity index (χ2v) is 20.1. The zero-order valence-electron chi connectivity index (χ0n) is 34.5. The highest BCUT2D eigenvalue weighted by Gasteiger charge is 2.50. The van der Waals surface area contributed by atoms with Crippen LogP contribution >= 0.6 is 35.2 Å². The van der Waals surface area contributed by atoms with Gasteiger partial charge in [0.1, 0.15) is 36.3 Å². The van der Waals surface area contributed by atoms with Gasteiger partial charge in [-0.1, -0.05) is 43.8 Å². The average Bonchev–Trinajstić information content (AvgIpc) is 3.77. The molecule has 0 bridgehead atoms. The highest BCUT2D eigenvalue weighted by molar-refractivity contribution is 8.14. The molecule has 3 amide bonds. The summed E-state index contributed by atoms with van der Waals surface area (Å²) in [4.78, 5) is 100. The summed E-state index contributed by atoms with van der Waals surface area (Å²) in [6, 6.07) is 6.34. The molecule has 0 saturated carbocycles. The summed E-state index contributed by atoms with van der Waals surface area (Å²) in [5.41, 5.74) is 5.05. The smallest absolute Gasteiger partial charge is 0.426 e. The Morgan fingerprint density at radius 1 is 1.03 bits per heavy atom. The van der Waals surface area contributed by atoms with Crippen LogP contribution in [0.15, 0.2) is 36.9 Å². The molecule has 1 saturated heterocycles. The molecular weight excluding hydrogens is 952 g/mol. The fourth-order valence-electron chi connectivity index (χ4n) is 5.93. The zero-order valence-corrected chi connectivity index (χ0v) is 38.0. The zero-order chi connectivity index (χ0) is 48.5. The molecule has 13 N–H and O–H groups in total. The van der Waals surface area contributed by atoms with Gasteiger partial charge in [0.05, 0.1) is 25.5 Å². The Hall–Kier alpha value is -3.77. The fraction of sp³-hybridized carbons (Fsp3) is 0.531. The number of imidazole rings is 1. The quantitative estimate of drug-likeness (QED) is 0.0263. The van der Waals surface area contributed by atoms with Crippen molar-refractivity contribution in [1.29, 1.82) is 0 Å². The second kappa shape index (κ2) is 22.8. The maximum absolute atomic E-state index is 12.7. The van der Waals surface area contributed by atoms with Gasteiger partial charge in [-0.05, 0) is 18.1 Å². The lowest BCUT2D eigenvalue weighted by Gasteiger charge is -2.30. The van der Waals surface area contributed by atoms with E-state index in [1.165, 1.54) is 20.8 Å². The number of rotatable bonds is 24. The average molecular weight is 1000 g/mol. The number of hydrogen-bond acceptors (Lipinski definition) is 21. The predicted molar refractivity (Wildman–Crippen MR) is 224 cm³/mol. The second-order valence-electron chi connectivity index (χ2n) is 14.8. The summed E-state index contributed by atoms with van der Waals surface area (Å²) >= 11 is 0.899. The van der Waals surface area contributed by atoms with Crippen molar-refractivity contribution < 1.29 is 95.3 Å². The number of fused-ring (bicyclic) bond motifs is 1. The van der Waals surface area contributed by atoms with Crippen molar-refractivity contribution in [2.45, 2.75) is 70.2 Å². The highest BCUT2D eigenvalue weighted by atomic mass is 32.2. The van der Waals surface area contributed by atoms with Crippen LogP contribution in [0.5, 0.6) is 0 Å². The van der Waals surface area contributed by atoms with E-state index in [2.05, 4.69) is 39.7 Å².